The van der Waals surface area contributed by atoms with Crippen LogP contribution < -0.4 is 10.1 Å². The number of ether oxygens (including phenoxy) is 1. The molecule has 1 heterocycles. The van der Waals surface area contributed by atoms with Crippen molar-refractivity contribution in [3.05, 3.63) is 35.4 Å². The first-order chi connectivity index (χ1) is 8.75. The van der Waals surface area contributed by atoms with E-state index in [9.17, 15) is 0 Å². The van der Waals surface area contributed by atoms with E-state index in [0.29, 0.717) is 0 Å². The SMILES string of the molecule is CC(C)CNCC/C=C/c1ccc2c(c1)CCO2. The summed E-state index contributed by atoms with van der Waals surface area (Å²) in [6.07, 6.45) is 6.58. The van der Waals surface area contributed by atoms with Crippen molar-refractivity contribution in [3.8, 4) is 5.75 Å². The molecule has 1 aliphatic heterocycles. The third kappa shape index (κ3) is 3.88. The zero-order valence-electron chi connectivity index (χ0n) is 11.4. The van der Waals surface area contributed by atoms with Crippen LogP contribution in [0.15, 0.2) is 24.3 Å². The Balaban J connectivity index is 1.75. The molecule has 2 heteroatoms. The summed E-state index contributed by atoms with van der Waals surface area (Å²) in [5.41, 5.74) is 2.62. The van der Waals surface area contributed by atoms with E-state index in [1.165, 1.54) is 11.1 Å². The van der Waals surface area contributed by atoms with Crippen LogP contribution in [0.5, 0.6) is 5.75 Å². The monoisotopic (exact) mass is 245 g/mol. The standard InChI is InChI=1S/C16H23NO/c1-13(2)12-17-9-4-3-5-14-6-7-16-15(11-14)8-10-18-16/h3,5-7,11,13,17H,4,8-10,12H2,1-2H3/b5-3+. The lowest BCUT2D eigenvalue weighted by Gasteiger charge is -2.05. The number of hydrogen-bond donors (Lipinski definition) is 1. The number of nitrogens with one attached hydrogen (secondary N) is 1. The van der Waals surface area contributed by atoms with Crippen LogP contribution >= 0.6 is 0 Å². The minimum Gasteiger partial charge on any atom is -0.493 e. The van der Waals surface area contributed by atoms with Crippen molar-refractivity contribution >= 4 is 6.08 Å². The molecule has 0 aromatic heterocycles. The lowest BCUT2D eigenvalue weighted by Crippen LogP contribution is -2.20. The van der Waals surface area contributed by atoms with Crippen LogP contribution in [0.1, 0.15) is 31.4 Å². The Kier molecular flexibility index (Phi) is 4.82. The first kappa shape index (κ1) is 13.2. The molecule has 0 atom stereocenters. The minimum atomic E-state index is 0.727. The fraction of sp³-hybridized carbons (Fsp3) is 0.500. The van der Waals surface area contributed by atoms with Gasteiger partial charge in [0.15, 0.2) is 0 Å². The summed E-state index contributed by atoms with van der Waals surface area (Å²) in [5, 5.41) is 3.44. The van der Waals surface area contributed by atoms with Gasteiger partial charge in [-0.2, -0.15) is 0 Å². The molecule has 0 unspecified atom stereocenters. The van der Waals surface area contributed by atoms with Gasteiger partial charge in [0, 0.05) is 6.42 Å². The zero-order valence-corrected chi connectivity index (χ0v) is 11.4. The highest BCUT2D eigenvalue weighted by molar-refractivity contribution is 5.54. The molecule has 0 fully saturated rings. The second-order valence-electron chi connectivity index (χ2n) is 5.25. The summed E-state index contributed by atoms with van der Waals surface area (Å²) in [5.74, 6) is 1.79. The van der Waals surface area contributed by atoms with Gasteiger partial charge in [0.25, 0.3) is 0 Å². The van der Waals surface area contributed by atoms with E-state index in [1.807, 2.05) is 0 Å². The van der Waals surface area contributed by atoms with Crippen molar-refractivity contribution in [2.45, 2.75) is 26.7 Å². The van der Waals surface area contributed by atoms with Crippen molar-refractivity contribution in [2.24, 2.45) is 5.92 Å². The zero-order chi connectivity index (χ0) is 12.8. The average molecular weight is 245 g/mol. The maximum Gasteiger partial charge on any atom is 0.122 e. The van der Waals surface area contributed by atoms with E-state index < -0.39 is 0 Å². The van der Waals surface area contributed by atoms with Crippen molar-refractivity contribution in [3.63, 3.8) is 0 Å². The summed E-state index contributed by atoms with van der Waals surface area (Å²) in [7, 11) is 0. The van der Waals surface area contributed by atoms with Crippen LogP contribution in [0.25, 0.3) is 6.08 Å². The molecule has 98 valence electrons. The third-order valence-electron chi connectivity index (χ3n) is 3.06. The summed E-state index contributed by atoms with van der Waals surface area (Å²) < 4.78 is 5.50. The average Bonchev–Trinajstić information content (AvgIpc) is 2.80. The first-order valence-electron chi connectivity index (χ1n) is 6.88. The van der Waals surface area contributed by atoms with Crippen LogP contribution in [0.2, 0.25) is 0 Å². The van der Waals surface area contributed by atoms with E-state index in [2.05, 4.69) is 49.5 Å². The molecule has 0 spiro atoms. The van der Waals surface area contributed by atoms with Crippen LogP contribution in [-0.4, -0.2) is 19.7 Å². The number of fused-ring (bicyclic) bond motifs is 1. The van der Waals surface area contributed by atoms with Crippen molar-refractivity contribution in [2.75, 3.05) is 19.7 Å². The van der Waals surface area contributed by atoms with E-state index in [4.69, 9.17) is 4.74 Å². The van der Waals surface area contributed by atoms with Crippen LogP contribution in [-0.2, 0) is 6.42 Å². The normalized spacial score (nSPS) is 14.2. The number of benzene rings is 1. The largest absolute Gasteiger partial charge is 0.493 e. The van der Waals surface area contributed by atoms with Gasteiger partial charge in [-0.15, -0.1) is 0 Å². The van der Waals surface area contributed by atoms with Crippen LogP contribution in [0, 0.1) is 5.92 Å². The quantitative estimate of drug-likeness (QED) is 0.777. The van der Waals surface area contributed by atoms with Crippen molar-refractivity contribution < 1.29 is 4.74 Å². The predicted molar refractivity (Wildman–Crippen MR) is 77.0 cm³/mol. The molecule has 0 saturated carbocycles. The predicted octanol–water partition coefficient (Wildman–Crippen LogP) is 3.27. The molecule has 0 aliphatic carbocycles. The lowest BCUT2D eigenvalue weighted by molar-refractivity contribution is 0.357. The Labute approximate surface area is 110 Å². The molecule has 1 aliphatic rings. The molecule has 2 rings (SSSR count). The molecule has 2 nitrogen and oxygen atoms in total. The molecule has 1 aromatic carbocycles. The van der Waals surface area contributed by atoms with E-state index in [1.54, 1.807) is 0 Å². The van der Waals surface area contributed by atoms with Gasteiger partial charge in [-0.05, 0) is 48.7 Å². The fourth-order valence-corrected chi connectivity index (χ4v) is 2.11. The third-order valence-corrected chi connectivity index (χ3v) is 3.06. The van der Waals surface area contributed by atoms with Gasteiger partial charge < -0.3 is 10.1 Å². The maximum absolute atomic E-state index is 5.50. The van der Waals surface area contributed by atoms with Gasteiger partial charge in [-0.3, -0.25) is 0 Å². The topological polar surface area (TPSA) is 21.3 Å². The first-order valence-corrected chi connectivity index (χ1v) is 6.88. The van der Waals surface area contributed by atoms with Gasteiger partial charge in [-0.25, -0.2) is 0 Å². The molecular weight excluding hydrogens is 222 g/mol. The molecule has 1 aromatic rings. The Hall–Kier alpha value is -1.28. The van der Waals surface area contributed by atoms with E-state index in [-0.39, 0.29) is 0 Å². The van der Waals surface area contributed by atoms with Gasteiger partial charge in [0.2, 0.25) is 0 Å². The van der Waals surface area contributed by atoms with Gasteiger partial charge in [0.05, 0.1) is 6.61 Å². The summed E-state index contributed by atoms with van der Waals surface area (Å²) in [6, 6.07) is 6.45. The summed E-state index contributed by atoms with van der Waals surface area (Å²) in [6.45, 7) is 7.46. The molecule has 0 bridgehead atoms. The molecule has 18 heavy (non-hydrogen) atoms. The summed E-state index contributed by atoms with van der Waals surface area (Å²) >= 11 is 0. The highest BCUT2D eigenvalue weighted by atomic mass is 16.5. The minimum absolute atomic E-state index is 0.727. The summed E-state index contributed by atoms with van der Waals surface area (Å²) in [4.78, 5) is 0. The lowest BCUT2D eigenvalue weighted by atomic mass is 10.1. The van der Waals surface area contributed by atoms with Crippen LogP contribution in [0.3, 0.4) is 0 Å². The van der Waals surface area contributed by atoms with E-state index >= 15 is 0 Å². The Morgan fingerprint density at radius 3 is 3.11 bits per heavy atom. The second kappa shape index (κ2) is 6.60. The molecule has 0 amide bonds. The Morgan fingerprint density at radius 1 is 1.39 bits per heavy atom. The van der Waals surface area contributed by atoms with Crippen LogP contribution in [0.4, 0.5) is 0 Å². The Bertz CT molecular complexity index is 410. The highest BCUT2D eigenvalue weighted by Gasteiger charge is 2.10. The molecular formula is C16H23NO. The van der Waals surface area contributed by atoms with Gasteiger partial charge in [0.1, 0.15) is 5.75 Å². The maximum atomic E-state index is 5.50. The van der Waals surface area contributed by atoms with Gasteiger partial charge >= 0.3 is 0 Å². The van der Waals surface area contributed by atoms with E-state index in [0.717, 1.165) is 44.2 Å². The van der Waals surface area contributed by atoms with Gasteiger partial charge in [-0.1, -0.05) is 32.1 Å². The smallest absolute Gasteiger partial charge is 0.122 e. The van der Waals surface area contributed by atoms with Crippen molar-refractivity contribution in [1.82, 2.24) is 5.32 Å². The molecule has 0 saturated heterocycles. The number of hydrogen-bond acceptors (Lipinski definition) is 2. The molecule has 1 N–H and O–H groups in total. The molecule has 0 radical (unpaired) electrons. The second-order valence-corrected chi connectivity index (χ2v) is 5.25. The highest BCUT2D eigenvalue weighted by Crippen LogP contribution is 2.26. The van der Waals surface area contributed by atoms with Crippen molar-refractivity contribution in [1.29, 1.82) is 0 Å². The Morgan fingerprint density at radius 2 is 2.28 bits per heavy atom. The number of rotatable bonds is 6. The fourth-order valence-electron chi connectivity index (χ4n) is 2.11.